The number of benzene rings is 2. The number of halogens is 3. The van der Waals surface area contributed by atoms with E-state index in [1.165, 1.54) is 0 Å². The fourth-order valence-corrected chi connectivity index (χ4v) is 1.89. The Hall–Kier alpha value is -3.30. The Morgan fingerprint density at radius 1 is 1.26 bits per heavy atom. The SMILES string of the molecule is CCCOC(=O)Nc1cccc2ccc(C(=N)N)cc12.O=C(O)C(F)(F)F. The summed E-state index contributed by atoms with van der Waals surface area (Å²) in [5.74, 6) is -2.76. The predicted molar refractivity (Wildman–Crippen MR) is 93.9 cm³/mol. The molecule has 0 radical (unpaired) electrons. The molecule has 0 aromatic heterocycles. The van der Waals surface area contributed by atoms with Gasteiger partial charge < -0.3 is 15.6 Å². The molecule has 0 heterocycles. The highest BCUT2D eigenvalue weighted by atomic mass is 19.4. The number of carboxylic acid groups (broad SMARTS) is 1. The molecule has 0 aliphatic rings. The quantitative estimate of drug-likeness (QED) is 0.471. The van der Waals surface area contributed by atoms with Crippen molar-refractivity contribution in [1.82, 2.24) is 0 Å². The maximum absolute atomic E-state index is 11.6. The number of nitrogens with one attached hydrogen (secondary N) is 2. The number of rotatable bonds is 4. The number of carboxylic acids is 1. The van der Waals surface area contributed by atoms with E-state index in [0.29, 0.717) is 17.9 Å². The molecule has 7 nitrogen and oxygen atoms in total. The van der Waals surface area contributed by atoms with Crippen molar-refractivity contribution in [3.05, 3.63) is 42.0 Å². The van der Waals surface area contributed by atoms with E-state index in [1.54, 1.807) is 18.2 Å². The fourth-order valence-electron chi connectivity index (χ4n) is 1.89. The first-order valence-electron chi connectivity index (χ1n) is 7.67. The number of amides is 1. The summed E-state index contributed by atoms with van der Waals surface area (Å²) in [7, 11) is 0. The lowest BCUT2D eigenvalue weighted by Gasteiger charge is -2.10. The molecule has 0 saturated heterocycles. The maximum Gasteiger partial charge on any atom is 0.490 e. The van der Waals surface area contributed by atoms with Gasteiger partial charge in [-0.1, -0.05) is 31.2 Å². The first-order valence-corrected chi connectivity index (χ1v) is 7.67. The number of hydrogen-bond acceptors (Lipinski definition) is 4. The van der Waals surface area contributed by atoms with E-state index in [2.05, 4.69) is 5.32 Å². The van der Waals surface area contributed by atoms with Gasteiger partial charge in [0.1, 0.15) is 5.84 Å². The first kappa shape index (κ1) is 21.7. The second-order valence-electron chi connectivity index (χ2n) is 5.22. The molecule has 0 unspecified atom stereocenters. The number of anilines is 1. The summed E-state index contributed by atoms with van der Waals surface area (Å²) in [4.78, 5) is 20.5. The molecule has 0 aliphatic heterocycles. The van der Waals surface area contributed by atoms with Crippen molar-refractivity contribution in [2.24, 2.45) is 5.73 Å². The van der Waals surface area contributed by atoms with Gasteiger partial charge in [0.2, 0.25) is 0 Å². The molecule has 1 amide bonds. The molecule has 2 aromatic rings. The van der Waals surface area contributed by atoms with Crippen molar-refractivity contribution in [2.45, 2.75) is 19.5 Å². The van der Waals surface area contributed by atoms with Gasteiger partial charge in [0.15, 0.2) is 0 Å². The number of hydrogen-bond donors (Lipinski definition) is 4. The van der Waals surface area contributed by atoms with Gasteiger partial charge >= 0.3 is 18.2 Å². The molecule has 0 bridgehead atoms. The molecular weight excluding hydrogens is 367 g/mol. The second-order valence-corrected chi connectivity index (χ2v) is 5.22. The minimum atomic E-state index is -5.08. The van der Waals surface area contributed by atoms with E-state index in [0.717, 1.165) is 17.2 Å². The van der Waals surface area contributed by atoms with Crippen LogP contribution in [0.2, 0.25) is 0 Å². The number of alkyl halides is 3. The van der Waals surface area contributed by atoms with Gasteiger partial charge in [0, 0.05) is 10.9 Å². The lowest BCUT2D eigenvalue weighted by molar-refractivity contribution is -0.192. The van der Waals surface area contributed by atoms with Crippen molar-refractivity contribution >= 4 is 34.4 Å². The molecule has 10 heteroatoms. The monoisotopic (exact) mass is 385 g/mol. The number of ether oxygens (including phenoxy) is 1. The number of aliphatic carboxylic acids is 1. The Kier molecular flexibility index (Phi) is 7.58. The highest BCUT2D eigenvalue weighted by molar-refractivity contribution is 6.04. The number of carbonyl (C=O) groups excluding carboxylic acids is 1. The Bertz CT molecular complexity index is 838. The van der Waals surface area contributed by atoms with Crippen molar-refractivity contribution in [2.75, 3.05) is 11.9 Å². The third-order valence-corrected chi connectivity index (χ3v) is 3.11. The zero-order valence-electron chi connectivity index (χ0n) is 14.3. The molecule has 5 N–H and O–H groups in total. The number of amidine groups is 1. The lowest BCUT2D eigenvalue weighted by Crippen LogP contribution is -2.21. The van der Waals surface area contributed by atoms with E-state index < -0.39 is 18.2 Å². The fraction of sp³-hybridized carbons (Fsp3) is 0.235. The molecule has 0 aliphatic carbocycles. The van der Waals surface area contributed by atoms with Gasteiger partial charge in [-0.05, 0) is 23.9 Å². The van der Waals surface area contributed by atoms with E-state index in [4.69, 9.17) is 25.8 Å². The topological polar surface area (TPSA) is 126 Å². The van der Waals surface area contributed by atoms with Crippen LogP contribution in [0.4, 0.5) is 23.7 Å². The summed E-state index contributed by atoms with van der Waals surface area (Å²) in [6.07, 6.45) is -4.79. The van der Waals surface area contributed by atoms with Crippen LogP contribution in [-0.2, 0) is 9.53 Å². The average Bonchev–Trinajstić information content (AvgIpc) is 2.59. The number of fused-ring (bicyclic) bond motifs is 1. The minimum absolute atomic E-state index is 0.00439. The zero-order valence-corrected chi connectivity index (χ0v) is 14.3. The first-order chi connectivity index (χ1) is 12.6. The largest absolute Gasteiger partial charge is 0.490 e. The molecule has 0 atom stereocenters. The van der Waals surface area contributed by atoms with Crippen LogP contribution in [0.25, 0.3) is 10.8 Å². The van der Waals surface area contributed by atoms with Crippen molar-refractivity contribution < 1.29 is 32.6 Å². The molecule has 146 valence electrons. The van der Waals surface area contributed by atoms with E-state index in [9.17, 15) is 18.0 Å². The number of nitrogens with two attached hydrogens (primary N) is 1. The predicted octanol–water partition coefficient (Wildman–Crippen LogP) is 3.72. The Morgan fingerprint density at radius 2 is 1.89 bits per heavy atom. The van der Waals surface area contributed by atoms with Gasteiger partial charge in [-0.25, -0.2) is 9.59 Å². The molecular formula is C17H18F3N3O4. The van der Waals surface area contributed by atoms with Crippen molar-refractivity contribution in [3.63, 3.8) is 0 Å². The smallest absolute Gasteiger partial charge is 0.475 e. The molecule has 0 saturated carbocycles. The Balaban J connectivity index is 0.000000445. The number of nitrogen functional groups attached to an aromatic ring is 1. The van der Waals surface area contributed by atoms with Crippen LogP contribution in [0.15, 0.2) is 36.4 Å². The van der Waals surface area contributed by atoms with Crippen molar-refractivity contribution in [1.29, 1.82) is 5.41 Å². The zero-order chi connectivity index (χ0) is 20.6. The summed E-state index contributed by atoms with van der Waals surface area (Å²) in [5, 5.41) is 19.1. The van der Waals surface area contributed by atoms with Crippen LogP contribution in [0.5, 0.6) is 0 Å². The van der Waals surface area contributed by atoms with Gasteiger partial charge in [0.05, 0.1) is 12.3 Å². The van der Waals surface area contributed by atoms with Gasteiger partial charge in [-0.3, -0.25) is 10.7 Å². The molecule has 2 aromatic carbocycles. The van der Waals surface area contributed by atoms with E-state index in [1.807, 2.05) is 25.1 Å². The van der Waals surface area contributed by atoms with Gasteiger partial charge in [-0.2, -0.15) is 13.2 Å². The maximum atomic E-state index is 11.6. The molecule has 0 fully saturated rings. The van der Waals surface area contributed by atoms with Crippen LogP contribution in [0.1, 0.15) is 18.9 Å². The normalized spacial score (nSPS) is 10.5. The number of carbonyl (C=O) groups is 2. The average molecular weight is 385 g/mol. The highest BCUT2D eigenvalue weighted by Gasteiger charge is 2.38. The lowest BCUT2D eigenvalue weighted by atomic mass is 10.0. The van der Waals surface area contributed by atoms with Crippen LogP contribution in [0, 0.1) is 5.41 Å². The highest BCUT2D eigenvalue weighted by Crippen LogP contribution is 2.24. The summed E-state index contributed by atoms with van der Waals surface area (Å²) < 4.78 is 36.7. The minimum Gasteiger partial charge on any atom is -0.475 e. The summed E-state index contributed by atoms with van der Waals surface area (Å²) in [5.41, 5.74) is 6.76. The summed E-state index contributed by atoms with van der Waals surface area (Å²) in [6.45, 7) is 2.32. The van der Waals surface area contributed by atoms with Crippen LogP contribution >= 0.6 is 0 Å². The standard InChI is InChI=1S/C15H17N3O2.C2HF3O2/c1-2-8-20-15(19)18-13-5-3-4-10-6-7-11(14(16)17)9-12(10)13;3-2(4,5)1(6)7/h3-7,9H,2,8H2,1H3,(H3,16,17)(H,18,19);(H,6,7). The van der Waals surface area contributed by atoms with Gasteiger partial charge in [-0.15, -0.1) is 0 Å². The summed E-state index contributed by atoms with van der Waals surface area (Å²) >= 11 is 0. The van der Waals surface area contributed by atoms with Crippen LogP contribution in [-0.4, -0.2) is 35.8 Å². The molecule has 0 spiro atoms. The van der Waals surface area contributed by atoms with Crippen LogP contribution < -0.4 is 11.1 Å². The molecule has 2 rings (SSSR count). The van der Waals surface area contributed by atoms with Crippen LogP contribution in [0.3, 0.4) is 0 Å². The summed E-state index contributed by atoms with van der Waals surface area (Å²) in [6, 6.07) is 11.0. The van der Waals surface area contributed by atoms with Gasteiger partial charge in [0.25, 0.3) is 0 Å². The Labute approximate surface area is 152 Å². The van der Waals surface area contributed by atoms with Crippen molar-refractivity contribution in [3.8, 4) is 0 Å². The third kappa shape index (κ3) is 6.84. The van der Waals surface area contributed by atoms with E-state index in [-0.39, 0.29) is 5.84 Å². The second kappa shape index (κ2) is 9.41. The van der Waals surface area contributed by atoms with E-state index >= 15 is 0 Å². The molecule has 27 heavy (non-hydrogen) atoms. The third-order valence-electron chi connectivity index (χ3n) is 3.11. The Morgan fingerprint density at radius 3 is 2.41 bits per heavy atom.